The van der Waals surface area contributed by atoms with Crippen molar-refractivity contribution in [2.24, 2.45) is 5.73 Å². The van der Waals surface area contributed by atoms with Crippen LogP contribution in [0.25, 0.3) is 0 Å². The molecule has 1 aromatic rings. The fourth-order valence-corrected chi connectivity index (χ4v) is 1.37. The number of carbonyl (C=O) groups is 2. The van der Waals surface area contributed by atoms with Gasteiger partial charge in [0, 0.05) is 13.3 Å². The summed E-state index contributed by atoms with van der Waals surface area (Å²) in [5.41, 5.74) is 5.97. The Labute approximate surface area is 99.5 Å². The van der Waals surface area contributed by atoms with Crippen LogP contribution in [-0.2, 0) is 16.0 Å². The second-order valence-electron chi connectivity index (χ2n) is 3.55. The molecule has 5 nitrogen and oxygen atoms in total. The average Bonchev–Trinajstić information content (AvgIpc) is 2.26. The number of nitrogens with two attached hydrogens (primary N) is 1. The molecule has 0 aliphatic rings. The summed E-state index contributed by atoms with van der Waals surface area (Å²) in [6, 6.07) is 5.13. The number of rotatable bonds is 5. The number of hydrogen-bond acceptors (Lipinski definition) is 4. The van der Waals surface area contributed by atoms with Gasteiger partial charge in [0.05, 0.1) is 7.11 Å². The lowest BCUT2D eigenvalue weighted by Crippen LogP contribution is -2.11. The van der Waals surface area contributed by atoms with E-state index in [4.69, 9.17) is 15.2 Å². The molecule has 92 valence electrons. The van der Waals surface area contributed by atoms with Gasteiger partial charge in [-0.15, -0.1) is 0 Å². The number of carbonyl (C=O) groups excluding carboxylic acids is 2. The zero-order chi connectivity index (χ0) is 12.8. The molecule has 0 aliphatic heterocycles. The Morgan fingerprint density at radius 3 is 2.53 bits per heavy atom. The zero-order valence-electron chi connectivity index (χ0n) is 9.86. The third kappa shape index (κ3) is 4.14. The minimum atomic E-state index is -0.409. The van der Waals surface area contributed by atoms with Crippen molar-refractivity contribution in [3.8, 4) is 11.5 Å². The largest absolute Gasteiger partial charge is 0.493 e. The summed E-state index contributed by atoms with van der Waals surface area (Å²) in [4.78, 5) is 21.5. The van der Waals surface area contributed by atoms with Crippen molar-refractivity contribution < 1.29 is 19.1 Å². The van der Waals surface area contributed by atoms with Gasteiger partial charge in [-0.1, -0.05) is 6.07 Å². The minimum Gasteiger partial charge on any atom is -0.493 e. The first-order chi connectivity index (χ1) is 8.02. The molecule has 0 radical (unpaired) electrons. The lowest BCUT2D eigenvalue weighted by molar-refractivity contribution is -0.132. The molecule has 0 saturated heterocycles. The van der Waals surface area contributed by atoms with Gasteiger partial charge in [-0.05, 0) is 24.1 Å². The van der Waals surface area contributed by atoms with Crippen molar-refractivity contribution in [2.75, 3.05) is 7.11 Å². The molecule has 0 spiro atoms. The Morgan fingerprint density at radius 2 is 2.00 bits per heavy atom. The first-order valence-corrected chi connectivity index (χ1v) is 5.16. The molecule has 0 heterocycles. The smallest absolute Gasteiger partial charge is 0.308 e. The number of hydrogen-bond donors (Lipinski definition) is 1. The van der Waals surface area contributed by atoms with E-state index in [0.29, 0.717) is 17.9 Å². The first kappa shape index (κ1) is 13.0. The molecular weight excluding hydrogens is 222 g/mol. The van der Waals surface area contributed by atoms with E-state index in [1.54, 1.807) is 18.2 Å². The van der Waals surface area contributed by atoms with Crippen molar-refractivity contribution in [1.82, 2.24) is 0 Å². The summed E-state index contributed by atoms with van der Waals surface area (Å²) < 4.78 is 10.1. The number of primary amides is 1. The van der Waals surface area contributed by atoms with Crippen LogP contribution in [0.15, 0.2) is 18.2 Å². The van der Waals surface area contributed by atoms with Crippen LogP contribution in [0.3, 0.4) is 0 Å². The highest BCUT2D eigenvalue weighted by Gasteiger charge is 2.08. The molecule has 0 fully saturated rings. The molecule has 0 saturated carbocycles. The molecule has 0 unspecified atom stereocenters. The van der Waals surface area contributed by atoms with Crippen molar-refractivity contribution in [1.29, 1.82) is 0 Å². The monoisotopic (exact) mass is 237 g/mol. The fraction of sp³-hybridized carbons (Fsp3) is 0.333. The Hall–Kier alpha value is -2.04. The molecule has 0 atom stereocenters. The van der Waals surface area contributed by atoms with Crippen LogP contribution < -0.4 is 15.2 Å². The summed E-state index contributed by atoms with van der Waals surface area (Å²) >= 11 is 0. The maximum absolute atomic E-state index is 10.8. The lowest BCUT2D eigenvalue weighted by atomic mass is 10.1. The Morgan fingerprint density at radius 1 is 1.29 bits per heavy atom. The van der Waals surface area contributed by atoms with Gasteiger partial charge in [0.25, 0.3) is 0 Å². The molecule has 17 heavy (non-hydrogen) atoms. The number of benzene rings is 1. The standard InChI is InChI=1S/C12H15NO4/c1-8(14)17-10-5-3-9(4-6-12(13)15)7-11(10)16-2/h3,5,7H,4,6H2,1-2H3,(H2,13,15). The number of amides is 1. The number of ether oxygens (including phenoxy) is 2. The molecule has 1 aromatic carbocycles. The van der Waals surface area contributed by atoms with E-state index in [2.05, 4.69) is 0 Å². The summed E-state index contributed by atoms with van der Waals surface area (Å²) in [6.07, 6.45) is 0.808. The Kier molecular flexibility index (Phi) is 4.51. The summed E-state index contributed by atoms with van der Waals surface area (Å²) in [5.74, 6) is 0.0613. The van der Waals surface area contributed by atoms with Crippen molar-refractivity contribution in [3.63, 3.8) is 0 Å². The van der Waals surface area contributed by atoms with Gasteiger partial charge in [0.2, 0.25) is 5.91 Å². The SMILES string of the molecule is COc1cc(CCC(N)=O)ccc1OC(C)=O. The van der Waals surface area contributed by atoms with E-state index in [1.807, 2.05) is 0 Å². The molecule has 2 N–H and O–H groups in total. The predicted molar refractivity (Wildman–Crippen MR) is 61.8 cm³/mol. The zero-order valence-corrected chi connectivity index (χ0v) is 9.86. The topological polar surface area (TPSA) is 78.6 Å². The third-order valence-corrected chi connectivity index (χ3v) is 2.14. The molecule has 1 amide bonds. The normalized spacial score (nSPS) is 9.76. The quantitative estimate of drug-likeness (QED) is 0.613. The lowest BCUT2D eigenvalue weighted by Gasteiger charge is -2.09. The van der Waals surface area contributed by atoms with E-state index in [9.17, 15) is 9.59 Å². The highest BCUT2D eigenvalue weighted by atomic mass is 16.6. The summed E-state index contributed by atoms with van der Waals surface area (Å²) in [6.45, 7) is 1.32. The number of methoxy groups -OCH3 is 1. The highest BCUT2D eigenvalue weighted by Crippen LogP contribution is 2.28. The van der Waals surface area contributed by atoms with E-state index >= 15 is 0 Å². The van der Waals surface area contributed by atoms with Crippen LogP contribution in [-0.4, -0.2) is 19.0 Å². The van der Waals surface area contributed by atoms with Gasteiger partial charge in [-0.2, -0.15) is 0 Å². The Balaban J connectivity index is 2.84. The molecular formula is C12H15NO4. The number of esters is 1. The van der Waals surface area contributed by atoms with Crippen LogP contribution in [0.5, 0.6) is 11.5 Å². The fourth-order valence-electron chi connectivity index (χ4n) is 1.37. The van der Waals surface area contributed by atoms with Crippen LogP contribution in [0.1, 0.15) is 18.9 Å². The molecule has 0 aromatic heterocycles. The van der Waals surface area contributed by atoms with Gasteiger partial charge in [0.15, 0.2) is 11.5 Å². The van der Waals surface area contributed by atoms with Crippen LogP contribution >= 0.6 is 0 Å². The molecule has 5 heteroatoms. The summed E-state index contributed by atoms with van der Waals surface area (Å²) in [5, 5.41) is 0. The predicted octanol–water partition coefficient (Wildman–Crippen LogP) is 1.04. The van der Waals surface area contributed by atoms with Gasteiger partial charge >= 0.3 is 5.97 Å². The van der Waals surface area contributed by atoms with Crippen molar-refractivity contribution in [2.45, 2.75) is 19.8 Å². The van der Waals surface area contributed by atoms with Crippen LogP contribution in [0, 0.1) is 0 Å². The van der Waals surface area contributed by atoms with Gasteiger partial charge < -0.3 is 15.2 Å². The second kappa shape index (κ2) is 5.89. The minimum absolute atomic E-state index is 0.274. The number of aryl methyl sites for hydroxylation is 1. The van der Waals surface area contributed by atoms with Gasteiger partial charge in [-0.3, -0.25) is 9.59 Å². The maximum Gasteiger partial charge on any atom is 0.308 e. The third-order valence-electron chi connectivity index (χ3n) is 2.14. The first-order valence-electron chi connectivity index (χ1n) is 5.16. The molecule has 0 aliphatic carbocycles. The van der Waals surface area contributed by atoms with Crippen molar-refractivity contribution in [3.05, 3.63) is 23.8 Å². The highest BCUT2D eigenvalue weighted by molar-refractivity contribution is 5.74. The van der Waals surface area contributed by atoms with E-state index < -0.39 is 5.97 Å². The van der Waals surface area contributed by atoms with Crippen molar-refractivity contribution >= 4 is 11.9 Å². The maximum atomic E-state index is 10.8. The van der Waals surface area contributed by atoms with Gasteiger partial charge in [-0.25, -0.2) is 0 Å². The van der Waals surface area contributed by atoms with E-state index in [1.165, 1.54) is 14.0 Å². The second-order valence-corrected chi connectivity index (χ2v) is 3.55. The molecule has 1 rings (SSSR count). The molecule has 0 bridgehead atoms. The average molecular weight is 237 g/mol. The summed E-state index contributed by atoms with van der Waals surface area (Å²) in [7, 11) is 1.49. The van der Waals surface area contributed by atoms with Crippen LogP contribution in [0.4, 0.5) is 0 Å². The Bertz CT molecular complexity index is 429. The van der Waals surface area contributed by atoms with Gasteiger partial charge in [0.1, 0.15) is 0 Å². The van der Waals surface area contributed by atoms with E-state index in [0.717, 1.165) is 5.56 Å². The van der Waals surface area contributed by atoms with Crippen LogP contribution in [0.2, 0.25) is 0 Å². The van der Waals surface area contributed by atoms with E-state index in [-0.39, 0.29) is 12.3 Å².